The molecule has 0 spiro atoms. The molecule has 0 saturated heterocycles. The van der Waals surface area contributed by atoms with Crippen molar-refractivity contribution in [2.45, 2.75) is 75.8 Å². The zero-order valence-electron chi connectivity index (χ0n) is 67.1. The van der Waals surface area contributed by atoms with Gasteiger partial charge in [-0.1, -0.05) is 0 Å². The van der Waals surface area contributed by atoms with Gasteiger partial charge in [0.25, 0.3) is 0 Å². The van der Waals surface area contributed by atoms with E-state index in [0.29, 0.717) is 42.0 Å². The number of aromatic nitrogens is 4. The van der Waals surface area contributed by atoms with Crippen molar-refractivity contribution >= 4 is 81.6 Å². The summed E-state index contributed by atoms with van der Waals surface area (Å²) >= 11 is 1.67. The standard InChI is InChI=1S/C21H20FNO4S.C20H18FNO4S.C20H18FNO3S.C20H18FNO2S.C7H9NO2S.2CH4O/c1-27-21(24)14-10-18-9-13-20(15-3-5-16(22)6-4-15)23(18)17-7-11-19(12-8-17)28(2,25)26;1-27(25,26)18-10-6-16(7-11-18)22-17(9-13-20(23)24)8-12-19(22)14-2-4-15(21)5-3-14;1-26(25)18-10-6-16(7-11-18)22-17(9-13-20(23)24)8-12-19(22)14-2-4-15(21)5-3-14;1-25-18-10-6-16(7-11-18)22-17(9-13-20(23)24)8-12-19(22)14-2-4-15(21)5-3-14;1-11(9,10)7-4-2-6(8)3-5-7;2*1-2/h3-9,11-13H,10,14H2,1-2H3;2-8,10-12H,9,13H2,1H3,(H,23,24);2-8,10-12H,9,13H2,1H3,(H,23,24);2-8,10-12H,9,13H2,1H3,(H,23,24);2-5H,8H2,1H3;2*2H,1H3. The third kappa shape index (κ3) is 27.9. The van der Waals surface area contributed by atoms with Crippen LogP contribution in [0.15, 0.2) is 291 Å². The SMILES string of the molecule is CO.CO.COC(=O)CCc1ccc(-c2ccc(F)cc2)n1-c1ccc(S(C)(=O)=O)cc1.CS(=O)(=O)c1ccc(-n2c(CCC(=O)O)ccc2-c2ccc(F)cc2)cc1.CS(=O)(=O)c1ccc(N)cc1.CS(=O)c1ccc(-n2c(CCC(=O)O)ccc2-c2ccc(F)cc2)cc1.CSc1ccc(-n2c(CCC(=O)O)ccc2-c2ccc(F)cc2)cc1. The van der Waals surface area contributed by atoms with Gasteiger partial charge in [-0.3, -0.25) is 23.4 Å². The Bertz CT molecular complexity index is 5990. The summed E-state index contributed by atoms with van der Waals surface area (Å²) in [5, 5.41) is 41.0. The van der Waals surface area contributed by atoms with Crippen LogP contribution in [0.5, 0.6) is 0 Å². The number of hydrogen-bond donors (Lipinski definition) is 6. The number of methoxy groups -OCH3 is 1. The van der Waals surface area contributed by atoms with Crippen LogP contribution in [0.1, 0.15) is 48.5 Å². The largest absolute Gasteiger partial charge is 0.481 e. The fraction of sp³-hybridized carbons (Fsp3) is 0.178. The monoisotopic (exact) mass is 1750 g/mol. The number of halogens is 4. The number of carboxylic acid groups (broad SMARTS) is 3. The van der Waals surface area contributed by atoms with Crippen LogP contribution in [0.3, 0.4) is 0 Å². The fourth-order valence-electron chi connectivity index (χ4n) is 12.3. The molecule has 22 nitrogen and oxygen atoms in total. The summed E-state index contributed by atoms with van der Waals surface area (Å²) in [4.78, 5) is 47.1. The van der Waals surface area contributed by atoms with Gasteiger partial charge in [-0.15, -0.1) is 11.8 Å². The van der Waals surface area contributed by atoms with Gasteiger partial charge in [-0.05, 0) is 321 Å². The van der Waals surface area contributed by atoms with E-state index in [0.717, 1.165) is 121 Å². The van der Waals surface area contributed by atoms with Crippen LogP contribution in [0.4, 0.5) is 23.2 Å². The summed E-state index contributed by atoms with van der Waals surface area (Å²) in [6.45, 7) is 0. The second-order valence-electron chi connectivity index (χ2n) is 26.5. The van der Waals surface area contributed by atoms with Crippen LogP contribution in [0, 0.1) is 23.3 Å². The Hall–Kier alpha value is -12.2. The summed E-state index contributed by atoms with van der Waals surface area (Å²) in [7, 11) is -7.42. The summed E-state index contributed by atoms with van der Waals surface area (Å²) in [6, 6.07) is 74.2. The van der Waals surface area contributed by atoms with Crippen LogP contribution < -0.4 is 5.73 Å². The maximum Gasteiger partial charge on any atom is 0.305 e. The van der Waals surface area contributed by atoms with Crippen LogP contribution in [0.2, 0.25) is 0 Å². The quantitative estimate of drug-likeness (QED) is 0.0134. The lowest BCUT2D eigenvalue weighted by molar-refractivity contribution is -0.141. The van der Waals surface area contributed by atoms with E-state index >= 15 is 0 Å². The topological polar surface area (TPSA) is 344 Å². The molecule has 7 N–H and O–H groups in total. The van der Waals surface area contributed by atoms with E-state index in [-0.39, 0.29) is 64.7 Å². The third-order valence-electron chi connectivity index (χ3n) is 18.1. The van der Waals surface area contributed by atoms with Crippen molar-refractivity contribution in [3.63, 3.8) is 0 Å². The van der Waals surface area contributed by atoms with Gasteiger partial charge >= 0.3 is 23.9 Å². The van der Waals surface area contributed by atoms with Crippen molar-refractivity contribution in [2.24, 2.45) is 0 Å². The Kier molecular flexibility index (Phi) is 35.9. The minimum absolute atomic E-state index is 0.0178. The molecule has 0 radical (unpaired) electrons. The number of aliphatic hydroxyl groups excluding tert-OH is 2. The molecule has 4 aromatic heterocycles. The molecule has 0 fully saturated rings. The first-order valence-electron chi connectivity index (χ1n) is 36.8. The molecule has 13 aromatic rings. The van der Waals surface area contributed by atoms with Crippen molar-refractivity contribution in [1.82, 2.24) is 18.3 Å². The Morgan fingerprint density at radius 3 is 0.818 bits per heavy atom. The van der Waals surface area contributed by atoms with Crippen LogP contribution in [-0.2, 0) is 89.9 Å². The number of nitrogen functional groups attached to an aromatic ring is 1. The number of rotatable bonds is 25. The first kappa shape index (κ1) is 95.9. The van der Waals surface area contributed by atoms with Crippen LogP contribution in [0.25, 0.3) is 67.8 Å². The molecule has 0 amide bonds. The highest BCUT2D eigenvalue weighted by atomic mass is 32.2. The molecule has 9 aromatic carbocycles. The van der Waals surface area contributed by atoms with E-state index in [9.17, 15) is 66.2 Å². The highest BCUT2D eigenvalue weighted by molar-refractivity contribution is 7.98. The van der Waals surface area contributed by atoms with E-state index in [2.05, 4.69) is 0 Å². The van der Waals surface area contributed by atoms with Crippen molar-refractivity contribution in [2.75, 3.05) is 58.3 Å². The Labute approximate surface area is 706 Å². The number of benzene rings is 9. The van der Waals surface area contributed by atoms with Crippen molar-refractivity contribution < 1.29 is 96.5 Å². The number of hydrogen-bond acceptors (Lipinski definition) is 16. The van der Waals surface area contributed by atoms with Gasteiger partial charge in [-0.25, -0.2) is 42.8 Å². The number of nitrogens with zero attached hydrogens (tertiary/aromatic N) is 4. The predicted molar refractivity (Wildman–Crippen MR) is 463 cm³/mol. The number of thioether (sulfide) groups is 1. The highest BCUT2D eigenvalue weighted by Gasteiger charge is 2.21. The van der Waals surface area contributed by atoms with Crippen molar-refractivity contribution in [3.05, 3.63) is 313 Å². The normalized spacial score (nSPS) is 11.2. The average Bonchev–Trinajstić information content (AvgIpc) is 1.68. The van der Waals surface area contributed by atoms with Gasteiger partial charge < -0.3 is 54.3 Å². The Balaban J connectivity index is 0.000000210. The molecule has 0 aliphatic rings. The molecule has 1 atom stereocenters. The molecule has 0 bridgehead atoms. The molecule has 0 saturated carbocycles. The first-order chi connectivity index (χ1) is 57.6. The zero-order chi connectivity index (χ0) is 88.9. The maximum atomic E-state index is 13.3. The molecule has 4 heterocycles. The summed E-state index contributed by atoms with van der Waals surface area (Å²) in [6.07, 6.45) is 8.92. The minimum atomic E-state index is -3.32. The van der Waals surface area contributed by atoms with Gasteiger partial charge in [0.05, 0.1) is 70.3 Å². The van der Waals surface area contributed by atoms with Gasteiger partial charge in [0.1, 0.15) is 23.3 Å². The zero-order valence-corrected chi connectivity index (χ0v) is 71.2. The summed E-state index contributed by atoms with van der Waals surface area (Å²) in [5.74, 6) is -4.18. The van der Waals surface area contributed by atoms with Crippen LogP contribution in [-0.4, -0.2) is 150 Å². The Morgan fingerprint density at radius 1 is 0.364 bits per heavy atom. The summed E-state index contributed by atoms with van der Waals surface area (Å²) < 4.78 is 146. The number of anilines is 1. The number of aliphatic carboxylic acids is 3. The molecule has 636 valence electrons. The predicted octanol–water partition coefficient (Wildman–Crippen LogP) is 16.4. The van der Waals surface area contributed by atoms with Crippen molar-refractivity contribution in [3.8, 4) is 67.8 Å². The molecule has 121 heavy (non-hydrogen) atoms. The molecular weight excluding hydrogens is 1660 g/mol. The maximum absolute atomic E-state index is 13.3. The van der Waals surface area contributed by atoms with E-state index in [1.54, 1.807) is 127 Å². The van der Waals surface area contributed by atoms with Gasteiger partial charge in [-0.2, -0.15) is 0 Å². The fourth-order valence-corrected chi connectivity index (χ4v) is 15.1. The number of aryl methyl sites for hydroxylation is 4. The second kappa shape index (κ2) is 45.3. The van der Waals surface area contributed by atoms with E-state index in [4.69, 9.17) is 36.0 Å². The lowest BCUT2D eigenvalue weighted by Crippen LogP contribution is -2.07. The minimum Gasteiger partial charge on any atom is -0.481 e. The number of carboxylic acids is 3. The van der Waals surface area contributed by atoms with E-state index in [1.165, 1.54) is 86.2 Å². The number of ether oxygens (including phenoxy) is 1. The average molecular weight is 1750 g/mol. The molecule has 0 aliphatic heterocycles. The van der Waals surface area contributed by atoms with Gasteiger partial charge in [0.2, 0.25) is 0 Å². The van der Waals surface area contributed by atoms with Gasteiger partial charge in [0, 0.05) is 111 Å². The number of aliphatic hydroxyl groups is 2. The lowest BCUT2D eigenvalue weighted by atomic mass is 10.1. The number of sulfone groups is 3. The third-order valence-corrected chi connectivity index (χ3v) is 23.2. The molecule has 0 aliphatic carbocycles. The lowest BCUT2D eigenvalue weighted by Gasteiger charge is -2.14. The number of carbonyl (C=O) groups excluding carboxylic acids is 1. The van der Waals surface area contributed by atoms with Gasteiger partial charge in [0.15, 0.2) is 29.5 Å². The first-order valence-corrected chi connectivity index (χ1v) is 45.3. The molecule has 1 unspecified atom stereocenters. The number of carbonyl (C=O) groups is 4. The number of nitrogens with two attached hydrogens (primary N) is 1. The molecule has 13 rings (SSSR count). The van der Waals surface area contributed by atoms with Crippen LogP contribution >= 0.6 is 11.8 Å². The van der Waals surface area contributed by atoms with Crippen molar-refractivity contribution in [1.29, 1.82) is 0 Å². The molecule has 31 heteroatoms. The van der Waals surface area contributed by atoms with E-state index < -0.39 is 58.2 Å². The number of esters is 1. The Morgan fingerprint density at radius 2 is 0.595 bits per heavy atom. The molecular formula is C90H91F4N5O17S5. The smallest absolute Gasteiger partial charge is 0.305 e. The highest BCUT2D eigenvalue weighted by Crippen LogP contribution is 2.34. The second-order valence-corrected chi connectivity index (χ2v) is 34.8. The summed E-state index contributed by atoms with van der Waals surface area (Å²) in [5.41, 5.74) is 19.2. The van der Waals surface area contributed by atoms with E-state index in [1.807, 2.05) is 109 Å².